The fourth-order valence-electron chi connectivity index (χ4n) is 0.568. The lowest BCUT2D eigenvalue weighted by Crippen LogP contribution is -2.02. The standard InChI is InChI=1S/C8H12O2/c1-3-5-6-7-8(9)10-4-2/h1H,4-7H2,2H3. The first-order valence-electron chi connectivity index (χ1n) is 3.40. The minimum absolute atomic E-state index is 0.155. The molecule has 0 radical (unpaired) electrons. The first-order chi connectivity index (χ1) is 4.81. The van der Waals surface area contributed by atoms with Crippen molar-refractivity contribution in [3.8, 4) is 12.3 Å². The molecule has 0 saturated heterocycles. The lowest BCUT2D eigenvalue weighted by molar-refractivity contribution is -0.143. The Bertz CT molecular complexity index is 133. The number of terminal acetylenes is 1. The second-order valence-electron chi connectivity index (χ2n) is 1.86. The fourth-order valence-corrected chi connectivity index (χ4v) is 0.568. The van der Waals surface area contributed by atoms with E-state index in [0.717, 1.165) is 6.42 Å². The van der Waals surface area contributed by atoms with E-state index in [1.807, 2.05) is 0 Å². The minimum atomic E-state index is -0.155. The van der Waals surface area contributed by atoms with Gasteiger partial charge >= 0.3 is 5.97 Å². The van der Waals surface area contributed by atoms with E-state index in [-0.39, 0.29) is 5.97 Å². The monoisotopic (exact) mass is 140 g/mol. The smallest absolute Gasteiger partial charge is 0.305 e. The number of ether oxygens (including phenoxy) is 1. The molecule has 0 rings (SSSR count). The van der Waals surface area contributed by atoms with Gasteiger partial charge in [-0.3, -0.25) is 4.79 Å². The lowest BCUT2D eigenvalue weighted by Gasteiger charge is -1.97. The number of carbonyl (C=O) groups is 1. The van der Waals surface area contributed by atoms with E-state index < -0.39 is 0 Å². The van der Waals surface area contributed by atoms with Crippen LogP contribution in [0.3, 0.4) is 0 Å². The van der Waals surface area contributed by atoms with Crippen LogP contribution in [-0.4, -0.2) is 12.6 Å². The Morgan fingerprint density at radius 1 is 1.70 bits per heavy atom. The van der Waals surface area contributed by atoms with E-state index in [1.54, 1.807) is 6.92 Å². The number of hydrogen-bond acceptors (Lipinski definition) is 2. The van der Waals surface area contributed by atoms with Crippen LogP contribution < -0.4 is 0 Å². The van der Waals surface area contributed by atoms with Crippen molar-refractivity contribution >= 4 is 5.97 Å². The van der Waals surface area contributed by atoms with Gasteiger partial charge in [-0.15, -0.1) is 12.3 Å². The van der Waals surface area contributed by atoms with Gasteiger partial charge in [0.05, 0.1) is 6.61 Å². The molecule has 2 heteroatoms. The molecule has 0 amide bonds. The summed E-state index contributed by atoms with van der Waals surface area (Å²) >= 11 is 0. The number of unbranched alkanes of at least 4 members (excludes halogenated alkanes) is 1. The van der Waals surface area contributed by atoms with Crippen molar-refractivity contribution in [1.29, 1.82) is 0 Å². The maximum absolute atomic E-state index is 10.6. The van der Waals surface area contributed by atoms with Crippen LogP contribution in [0.15, 0.2) is 0 Å². The highest BCUT2D eigenvalue weighted by Gasteiger charge is 1.98. The van der Waals surface area contributed by atoms with Gasteiger partial charge in [-0.1, -0.05) is 0 Å². The molecule has 0 atom stereocenters. The quantitative estimate of drug-likeness (QED) is 0.335. The summed E-state index contributed by atoms with van der Waals surface area (Å²) in [6, 6.07) is 0. The van der Waals surface area contributed by atoms with Crippen molar-refractivity contribution in [3.63, 3.8) is 0 Å². The summed E-state index contributed by atoms with van der Waals surface area (Å²) in [5, 5.41) is 0. The van der Waals surface area contributed by atoms with Crippen molar-refractivity contribution in [3.05, 3.63) is 0 Å². The Balaban J connectivity index is 3.15. The maximum Gasteiger partial charge on any atom is 0.305 e. The van der Waals surface area contributed by atoms with Crippen LogP contribution >= 0.6 is 0 Å². The first-order valence-corrected chi connectivity index (χ1v) is 3.40. The van der Waals surface area contributed by atoms with Gasteiger partial charge in [-0.2, -0.15) is 0 Å². The molecule has 0 saturated carbocycles. The predicted octanol–water partition coefficient (Wildman–Crippen LogP) is 1.35. The van der Waals surface area contributed by atoms with Crippen LogP contribution in [0.4, 0.5) is 0 Å². The maximum atomic E-state index is 10.6. The summed E-state index contributed by atoms with van der Waals surface area (Å²) in [4.78, 5) is 10.6. The molecular weight excluding hydrogens is 128 g/mol. The Hall–Kier alpha value is -0.970. The number of hydrogen-bond donors (Lipinski definition) is 0. The van der Waals surface area contributed by atoms with Crippen molar-refractivity contribution in [1.82, 2.24) is 0 Å². The third-order valence-corrected chi connectivity index (χ3v) is 1.01. The molecule has 0 spiro atoms. The molecule has 0 aromatic rings. The SMILES string of the molecule is C#CCCCC(=O)OCC. The van der Waals surface area contributed by atoms with Gasteiger partial charge < -0.3 is 4.74 Å². The second kappa shape index (κ2) is 6.15. The van der Waals surface area contributed by atoms with Gasteiger partial charge in [-0.25, -0.2) is 0 Å². The molecule has 0 N–H and O–H groups in total. The van der Waals surface area contributed by atoms with Crippen molar-refractivity contribution in [2.24, 2.45) is 0 Å². The highest BCUT2D eigenvalue weighted by Crippen LogP contribution is 1.95. The Kier molecular flexibility index (Phi) is 5.56. The summed E-state index contributed by atoms with van der Waals surface area (Å²) in [6.07, 6.45) is 6.81. The Labute approximate surface area is 61.6 Å². The van der Waals surface area contributed by atoms with E-state index in [4.69, 9.17) is 6.42 Å². The van der Waals surface area contributed by atoms with Crippen molar-refractivity contribution < 1.29 is 9.53 Å². The molecule has 0 aliphatic carbocycles. The van der Waals surface area contributed by atoms with Gasteiger partial charge in [0.1, 0.15) is 0 Å². The lowest BCUT2D eigenvalue weighted by atomic mass is 10.2. The summed E-state index contributed by atoms with van der Waals surface area (Å²) < 4.78 is 4.68. The zero-order chi connectivity index (χ0) is 7.82. The fraction of sp³-hybridized carbons (Fsp3) is 0.625. The van der Waals surface area contributed by atoms with Crippen LogP contribution in [-0.2, 0) is 9.53 Å². The average molecular weight is 140 g/mol. The summed E-state index contributed by atoms with van der Waals surface area (Å²) in [7, 11) is 0. The van der Waals surface area contributed by atoms with Gasteiger partial charge in [-0.05, 0) is 13.3 Å². The number of carbonyl (C=O) groups excluding carboxylic acids is 1. The highest BCUT2D eigenvalue weighted by atomic mass is 16.5. The van der Waals surface area contributed by atoms with Crippen molar-refractivity contribution in [2.45, 2.75) is 26.2 Å². The van der Waals surface area contributed by atoms with Gasteiger partial charge in [0, 0.05) is 12.8 Å². The van der Waals surface area contributed by atoms with E-state index in [0.29, 0.717) is 19.4 Å². The first kappa shape index (κ1) is 9.03. The Morgan fingerprint density at radius 2 is 2.40 bits per heavy atom. The topological polar surface area (TPSA) is 26.3 Å². The zero-order valence-electron chi connectivity index (χ0n) is 6.22. The van der Waals surface area contributed by atoms with Crippen LogP contribution in [0.5, 0.6) is 0 Å². The number of esters is 1. The molecule has 0 aliphatic heterocycles. The number of rotatable bonds is 4. The van der Waals surface area contributed by atoms with Gasteiger partial charge in [0.2, 0.25) is 0 Å². The van der Waals surface area contributed by atoms with Gasteiger partial charge in [0.15, 0.2) is 0 Å². The molecule has 0 aromatic heterocycles. The second-order valence-corrected chi connectivity index (χ2v) is 1.86. The van der Waals surface area contributed by atoms with Crippen LogP contribution in [0.25, 0.3) is 0 Å². The Morgan fingerprint density at radius 3 is 2.90 bits per heavy atom. The third-order valence-electron chi connectivity index (χ3n) is 1.01. The molecule has 0 bridgehead atoms. The van der Waals surface area contributed by atoms with E-state index >= 15 is 0 Å². The third kappa shape index (κ3) is 5.17. The molecule has 0 unspecified atom stereocenters. The minimum Gasteiger partial charge on any atom is -0.466 e. The molecule has 0 heterocycles. The molecule has 0 aliphatic rings. The molecule has 0 fully saturated rings. The van der Waals surface area contributed by atoms with E-state index in [9.17, 15) is 4.79 Å². The van der Waals surface area contributed by atoms with Crippen molar-refractivity contribution in [2.75, 3.05) is 6.61 Å². The predicted molar refractivity (Wildman–Crippen MR) is 39.3 cm³/mol. The zero-order valence-corrected chi connectivity index (χ0v) is 6.22. The molecule has 0 aromatic carbocycles. The van der Waals surface area contributed by atoms with Crippen LogP contribution in [0, 0.1) is 12.3 Å². The molecule has 2 nitrogen and oxygen atoms in total. The summed E-state index contributed by atoms with van der Waals surface area (Å²) in [6.45, 7) is 2.24. The summed E-state index contributed by atoms with van der Waals surface area (Å²) in [5.41, 5.74) is 0. The van der Waals surface area contributed by atoms with E-state index in [1.165, 1.54) is 0 Å². The van der Waals surface area contributed by atoms with E-state index in [2.05, 4.69) is 10.7 Å². The normalized spacial score (nSPS) is 8.40. The summed E-state index contributed by atoms with van der Waals surface area (Å²) in [5.74, 6) is 2.30. The van der Waals surface area contributed by atoms with Gasteiger partial charge in [0.25, 0.3) is 0 Å². The molecular formula is C8H12O2. The molecule has 10 heavy (non-hydrogen) atoms. The highest BCUT2D eigenvalue weighted by molar-refractivity contribution is 5.69. The molecule has 56 valence electrons. The van der Waals surface area contributed by atoms with Crippen LogP contribution in [0.1, 0.15) is 26.2 Å². The largest absolute Gasteiger partial charge is 0.466 e. The van der Waals surface area contributed by atoms with Crippen LogP contribution in [0.2, 0.25) is 0 Å². The average Bonchev–Trinajstić information content (AvgIpc) is 1.89.